The highest BCUT2D eigenvalue weighted by Crippen LogP contribution is 2.32. The second-order valence-electron chi connectivity index (χ2n) is 5.98. The van der Waals surface area contributed by atoms with Crippen LogP contribution in [0.1, 0.15) is 44.2 Å². The molecule has 0 aliphatic heterocycles. The number of hydrogen-bond donors (Lipinski definition) is 1. The number of hydrogen-bond acceptors (Lipinski definition) is 2. The molecular weight excluding hydrogens is 232 g/mol. The summed E-state index contributed by atoms with van der Waals surface area (Å²) in [5.74, 6) is 0.821. The van der Waals surface area contributed by atoms with Gasteiger partial charge in [0.1, 0.15) is 0 Å². The van der Waals surface area contributed by atoms with Crippen LogP contribution in [0, 0.1) is 5.92 Å². The van der Waals surface area contributed by atoms with Gasteiger partial charge in [-0.25, -0.2) is 0 Å². The average Bonchev–Trinajstić information content (AvgIpc) is 2.45. The van der Waals surface area contributed by atoms with Gasteiger partial charge in [-0.05, 0) is 38.4 Å². The lowest BCUT2D eigenvalue weighted by atomic mass is 9.84. The molecule has 1 aliphatic rings. The van der Waals surface area contributed by atoms with Gasteiger partial charge in [-0.15, -0.1) is 0 Å². The Balaban J connectivity index is 2.14. The minimum atomic E-state index is 0.483. The predicted octanol–water partition coefficient (Wildman–Crippen LogP) is 3.46. The van der Waals surface area contributed by atoms with Crippen LogP contribution in [0.3, 0.4) is 0 Å². The van der Waals surface area contributed by atoms with E-state index in [0.29, 0.717) is 6.04 Å². The van der Waals surface area contributed by atoms with Crippen LogP contribution in [-0.4, -0.2) is 31.6 Å². The molecule has 0 aromatic heterocycles. The fourth-order valence-electron chi connectivity index (χ4n) is 3.50. The van der Waals surface area contributed by atoms with Crippen molar-refractivity contribution in [1.29, 1.82) is 0 Å². The lowest BCUT2D eigenvalue weighted by molar-refractivity contribution is 0.0960. The van der Waals surface area contributed by atoms with Crippen molar-refractivity contribution < 1.29 is 0 Å². The Morgan fingerprint density at radius 2 is 1.89 bits per heavy atom. The van der Waals surface area contributed by atoms with E-state index in [-0.39, 0.29) is 0 Å². The van der Waals surface area contributed by atoms with Crippen molar-refractivity contribution in [2.75, 3.05) is 20.6 Å². The van der Waals surface area contributed by atoms with E-state index in [1.807, 2.05) is 7.05 Å². The molecule has 106 valence electrons. The first-order chi connectivity index (χ1) is 9.24. The summed E-state index contributed by atoms with van der Waals surface area (Å²) >= 11 is 0. The summed E-state index contributed by atoms with van der Waals surface area (Å²) in [6.07, 6.45) is 5.54. The normalized spacial score (nSPS) is 25.5. The molecule has 1 aromatic carbocycles. The molecule has 2 heteroatoms. The Kier molecular flexibility index (Phi) is 5.41. The van der Waals surface area contributed by atoms with E-state index < -0.39 is 0 Å². The monoisotopic (exact) mass is 260 g/mol. The molecule has 3 unspecified atom stereocenters. The standard InChI is InChI=1S/C17H28N2/c1-14-9-7-8-12-16(14)19(3)17(13-18-2)15-10-5-4-6-11-15/h4-6,10-11,14,16-18H,7-9,12-13H2,1-3H3. The largest absolute Gasteiger partial charge is 0.318 e. The summed E-state index contributed by atoms with van der Waals surface area (Å²) in [6.45, 7) is 3.44. The first-order valence-electron chi connectivity index (χ1n) is 7.65. The van der Waals surface area contributed by atoms with Crippen LogP contribution in [0.5, 0.6) is 0 Å². The number of benzene rings is 1. The molecule has 0 spiro atoms. The van der Waals surface area contributed by atoms with Crippen molar-refractivity contribution in [1.82, 2.24) is 10.2 Å². The summed E-state index contributed by atoms with van der Waals surface area (Å²) < 4.78 is 0. The Morgan fingerprint density at radius 3 is 2.53 bits per heavy atom. The van der Waals surface area contributed by atoms with Gasteiger partial charge in [0, 0.05) is 18.6 Å². The molecule has 3 atom stereocenters. The third-order valence-electron chi connectivity index (χ3n) is 4.66. The van der Waals surface area contributed by atoms with Gasteiger partial charge in [0.2, 0.25) is 0 Å². The van der Waals surface area contributed by atoms with Crippen LogP contribution in [0.4, 0.5) is 0 Å². The highest BCUT2D eigenvalue weighted by atomic mass is 15.2. The number of nitrogens with one attached hydrogen (secondary N) is 1. The fraction of sp³-hybridized carbons (Fsp3) is 0.647. The van der Waals surface area contributed by atoms with Crippen molar-refractivity contribution in [2.24, 2.45) is 5.92 Å². The number of likely N-dealkylation sites (N-methyl/N-ethyl adjacent to an activating group) is 2. The SMILES string of the molecule is CNCC(c1ccccc1)N(C)C1CCCCC1C. The molecule has 0 heterocycles. The highest BCUT2D eigenvalue weighted by molar-refractivity contribution is 5.19. The molecule has 19 heavy (non-hydrogen) atoms. The maximum Gasteiger partial charge on any atom is 0.0472 e. The van der Waals surface area contributed by atoms with Crippen LogP contribution in [0.2, 0.25) is 0 Å². The molecule has 0 bridgehead atoms. The van der Waals surface area contributed by atoms with Gasteiger partial charge in [0.05, 0.1) is 0 Å². The molecule has 1 saturated carbocycles. The van der Waals surface area contributed by atoms with Crippen molar-refractivity contribution in [3.05, 3.63) is 35.9 Å². The molecule has 2 nitrogen and oxygen atoms in total. The molecule has 0 amide bonds. The first-order valence-corrected chi connectivity index (χ1v) is 7.65. The molecular formula is C17H28N2. The van der Waals surface area contributed by atoms with Gasteiger partial charge in [-0.1, -0.05) is 50.1 Å². The summed E-state index contributed by atoms with van der Waals surface area (Å²) in [5, 5.41) is 3.36. The van der Waals surface area contributed by atoms with E-state index in [1.165, 1.54) is 31.2 Å². The van der Waals surface area contributed by atoms with Gasteiger partial charge >= 0.3 is 0 Å². The van der Waals surface area contributed by atoms with Gasteiger partial charge in [0.15, 0.2) is 0 Å². The summed E-state index contributed by atoms with van der Waals surface area (Å²) in [4.78, 5) is 2.61. The summed E-state index contributed by atoms with van der Waals surface area (Å²) in [5.41, 5.74) is 1.43. The van der Waals surface area contributed by atoms with Gasteiger partial charge in [-0.2, -0.15) is 0 Å². The van der Waals surface area contributed by atoms with Crippen molar-refractivity contribution in [3.8, 4) is 0 Å². The van der Waals surface area contributed by atoms with Crippen molar-refractivity contribution in [3.63, 3.8) is 0 Å². The maximum atomic E-state index is 3.36. The summed E-state index contributed by atoms with van der Waals surface area (Å²) in [6, 6.07) is 12.1. The third kappa shape index (κ3) is 3.58. The van der Waals surface area contributed by atoms with E-state index in [9.17, 15) is 0 Å². The molecule has 2 rings (SSSR count). The van der Waals surface area contributed by atoms with Crippen molar-refractivity contribution >= 4 is 0 Å². The van der Waals surface area contributed by atoms with E-state index >= 15 is 0 Å². The Morgan fingerprint density at radius 1 is 1.21 bits per heavy atom. The fourth-order valence-corrected chi connectivity index (χ4v) is 3.50. The number of rotatable bonds is 5. The molecule has 0 saturated heterocycles. The van der Waals surface area contributed by atoms with Crippen LogP contribution in [0.25, 0.3) is 0 Å². The second-order valence-corrected chi connectivity index (χ2v) is 5.98. The molecule has 0 radical (unpaired) electrons. The van der Waals surface area contributed by atoms with E-state index in [0.717, 1.165) is 18.5 Å². The van der Waals surface area contributed by atoms with Crippen LogP contribution >= 0.6 is 0 Å². The van der Waals surface area contributed by atoms with Crippen molar-refractivity contribution in [2.45, 2.75) is 44.7 Å². The van der Waals surface area contributed by atoms with Crippen LogP contribution in [0.15, 0.2) is 30.3 Å². The maximum absolute atomic E-state index is 3.36. The first kappa shape index (κ1) is 14.5. The Hall–Kier alpha value is -0.860. The zero-order chi connectivity index (χ0) is 13.7. The summed E-state index contributed by atoms with van der Waals surface area (Å²) in [7, 11) is 4.36. The second kappa shape index (κ2) is 7.06. The lowest BCUT2D eigenvalue weighted by Crippen LogP contribution is -2.43. The van der Waals surface area contributed by atoms with Gasteiger partial charge in [-0.3, -0.25) is 4.90 Å². The lowest BCUT2D eigenvalue weighted by Gasteiger charge is -2.41. The predicted molar refractivity (Wildman–Crippen MR) is 82.3 cm³/mol. The third-order valence-corrected chi connectivity index (χ3v) is 4.66. The minimum Gasteiger partial charge on any atom is -0.318 e. The van der Waals surface area contributed by atoms with E-state index in [4.69, 9.17) is 0 Å². The van der Waals surface area contributed by atoms with E-state index in [2.05, 4.69) is 54.5 Å². The topological polar surface area (TPSA) is 15.3 Å². The Bertz CT molecular complexity index is 363. The molecule has 1 aromatic rings. The van der Waals surface area contributed by atoms with Gasteiger partial charge < -0.3 is 5.32 Å². The van der Waals surface area contributed by atoms with Crippen LogP contribution < -0.4 is 5.32 Å². The number of nitrogens with zero attached hydrogens (tertiary/aromatic N) is 1. The van der Waals surface area contributed by atoms with Crippen LogP contribution in [-0.2, 0) is 0 Å². The molecule has 1 aliphatic carbocycles. The quantitative estimate of drug-likeness (QED) is 0.872. The zero-order valence-electron chi connectivity index (χ0n) is 12.6. The van der Waals surface area contributed by atoms with E-state index in [1.54, 1.807) is 0 Å². The molecule has 1 fully saturated rings. The smallest absolute Gasteiger partial charge is 0.0472 e. The Labute approximate surface area is 118 Å². The highest BCUT2D eigenvalue weighted by Gasteiger charge is 2.29. The average molecular weight is 260 g/mol. The minimum absolute atomic E-state index is 0.483. The van der Waals surface area contributed by atoms with Gasteiger partial charge in [0.25, 0.3) is 0 Å². The molecule has 1 N–H and O–H groups in total. The zero-order valence-corrected chi connectivity index (χ0v) is 12.6.